The Labute approximate surface area is 229 Å². The van der Waals surface area contributed by atoms with E-state index in [0.29, 0.717) is 40.4 Å². The van der Waals surface area contributed by atoms with E-state index in [1.165, 1.54) is 23.9 Å². The molecule has 0 spiro atoms. The van der Waals surface area contributed by atoms with Gasteiger partial charge in [0.1, 0.15) is 12.4 Å². The van der Waals surface area contributed by atoms with Gasteiger partial charge in [0, 0.05) is 59.1 Å². The summed E-state index contributed by atoms with van der Waals surface area (Å²) in [6.45, 7) is 4.63. The lowest BCUT2D eigenvalue weighted by molar-refractivity contribution is -0.132. The molecule has 38 heavy (non-hydrogen) atoms. The van der Waals surface area contributed by atoms with E-state index in [-0.39, 0.29) is 23.8 Å². The number of halogens is 2. The van der Waals surface area contributed by atoms with Gasteiger partial charge in [-0.15, -0.1) is 0 Å². The first-order valence-corrected chi connectivity index (χ1v) is 13.5. The molecule has 0 radical (unpaired) electrons. The molecule has 2 heterocycles. The van der Waals surface area contributed by atoms with E-state index in [9.17, 15) is 14.0 Å². The molecule has 1 amide bonds. The first-order valence-electron chi connectivity index (χ1n) is 12.1. The Balaban J connectivity index is 1.48. The Kier molecular flexibility index (Phi) is 9.25. The molecule has 0 bridgehead atoms. The fraction of sp³-hybridized carbons (Fsp3) is 0.250. The van der Waals surface area contributed by atoms with E-state index in [1.54, 1.807) is 59.2 Å². The fourth-order valence-corrected chi connectivity index (χ4v) is 4.80. The summed E-state index contributed by atoms with van der Waals surface area (Å²) in [6.07, 6.45) is 5.89. The zero-order chi connectivity index (χ0) is 27.1. The second-order valence-corrected chi connectivity index (χ2v) is 10.2. The van der Waals surface area contributed by atoms with Crippen molar-refractivity contribution in [1.82, 2.24) is 24.4 Å². The monoisotopic (exact) mass is 551 g/mol. The number of aromatic nitrogens is 4. The normalized spacial score (nSPS) is 10.9. The lowest BCUT2D eigenvalue weighted by Crippen LogP contribution is -2.35. The Morgan fingerprint density at radius 2 is 1.74 bits per heavy atom. The summed E-state index contributed by atoms with van der Waals surface area (Å²) in [4.78, 5) is 40.5. The van der Waals surface area contributed by atoms with Crippen molar-refractivity contribution in [2.45, 2.75) is 44.3 Å². The molecular formula is C28H27ClFN5O2S. The molecule has 0 saturated carbocycles. The van der Waals surface area contributed by atoms with Crippen molar-refractivity contribution in [2.75, 3.05) is 6.54 Å². The minimum Gasteiger partial charge on any atom is -0.337 e. The molecule has 4 aromatic rings. The van der Waals surface area contributed by atoms with Gasteiger partial charge in [-0.1, -0.05) is 42.4 Å². The van der Waals surface area contributed by atoms with Crippen LogP contribution < -0.4 is 5.56 Å². The van der Waals surface area contributed by atoms with Gasteiger partial charge in [-0.3, -0.25) is 9.59 Å². The molecule has 0 aliphatic rings. The first kappa shape index (κ1) is 27.5. The van der Waals surface area contributed by atoms with Gasteiger partial charge in [-0.05, 0) is 55.3 Å². The minimum absolute atomic E-state index is 0.0313. The molecule has 0 fully saturated rings. The molecule has 4 rings (SSSR count). The van der Waals surface area contributed by atoms with E-state index < -0.39 is 0 Å². The van der Waals surface area contributed by atoms with Crippen LogP contribution in [0.15, 0.2) is 77.1 Å². The van der Waals surface area contributed by atoms with Crippen molar-refractivity contribution in [2.24, 2.45) is 0 Å². The van der Waals surface area contributed by atoms with E-state index in [1.807, 2.05) is 19.1 Å². The van der Waals surface area contributed by atoms with Crippen LogP contribution in [0.1, 0.15) is 30.0 Å². The zero-order valence-corrected chi connectivity index (χ0v) is 22.7. The highest BCUT2D eigenvalue weighted by molar-refractivity contribution is 7.98. The maximum Gasteiger partial charge on any atom is 0.276 e. The smallest absolute Gasteiger partial charge is 0.276 e. The van der Waals surface area contributed by atoms with Crippen LogP contribution in [0.2, 0.25) is 5.02 Å². The number of thioether (sulfide) groups is 1. The summed E-state index contributed by atoms with van der Waals surface area (Å²) in [5.41, 5.74) is 2.67. The van der Waals surface area contributed by atoms with Crippen molar-refractivity contribution in [1.29, 1.82) is 0 Å². The quantitative estimate of drug-likeness (QED) is 0.190. The van der Waals surface area contributed by atoms with Crippen molar-refractivity contribution < 1.29 is 9.18 Å². The Bertz CT molecular complexity index is 1440. The number of nitrogens with zero attached hydrogens (tertiary/aromatic N) is 5. The zero-order valence-electron chi connectivity index (χ0n) is 21.1. The Morgan fingerprint density at radius 1 is 1.05 bits per heavy atom. The molecule has 0 N–H and O–H groups in total. The lowest BCUT2D eigenvalue weighted by atomic mass is 10.2. The van der Waals surface area contributed by atoms with Gasteiger partial charge in [0.25, 0.3) is 5.56 Å². The first-order chi connectivity index (χ1) is 18.3. The molecule has 0 unspecified atom stereocenters. The van der Waals surface area contributed by atoms with Crippen LogP contribution in [0.3, 0.4) is 0 Å². The van der Waals surface area contributed by atoms with Crippen molar-refractivity contribution in [3.05, 3.63) is 105 Å². The summed E-state index contributed by atoms with van der Waals surface area (Å²) in [7, 11) is 0. The van der Waals surface area contributed by atoms with Crippen molar-refractivity contribution in [3.8, 4) is 11.4 Å². The summed E-state index contributed by atoms with van der Waals surface area (Å²) in [5, 5.41) is 1.08. The standard InChI is InChI=1S/C28H27ClFN5O2S/c1-3-12-34(16-21-13-31-26(32-14-21)22-6-8-23(29)9-7-22)25(36)17-35-15-19(2)27(37)33-28(35)38-18-20-4-10-24(30)11-5-20/h4-11,13-15H,3,12,16-18H2,1-2H3. The number of carbonyl (C=O) groups is 1. The van der Waals surface area contributed by atoms with Crippen LogP contribution in [-0.4, -0.2) is 36.9 Å². The fourth-order valence-electron chi connectivity index (χ4n) is 3.75. The van der Waals surface area contributed by atoms with E-state index in [4.69, 9.17) is 11.6 Å². The third-order valence-corrected chi connectivity index (χ3v) is 7.06. The van der Waals surface area contributed by atoms with Gasteiger partial charge in [-0.2, -0.15) is 4.98 Å². The van der Waals surface area contributed by atoms with Crippen LogP contribution in [0.4, 0.5) is 4.39 Å². The highest BCUT2D eigenvalue weighted by atomic mass is 35.5. The number of rotatable bonds is 10. The lowest BCUT2D eigenvalue weighted by Gasteiger charge is -2.23. The molecule has 0 saturated heterocycles. The Hall–Kier alpha value is -3.56. The minimum atomic E-state index is -0.335. The van der Waals surface area contributed by atoms with Crippen molar-refractivity contribution in [3.63, 3.8) is 0 Å². The third-order valence-electron chi connectivity index (χ3n) is 5.74. The van der Waals surface area contributed by atoms with Crippen LogP contribution in [0.5, 0.6) is 0 Å². The van der Waals surface area contributed by atoms with Gasteiger partial charge in [0.15, 0.2) is 11.0 Å². The highest BCUT2D eigenvalue weighted by Gasteiger charge is 2.17. The second kappa shape index (κ2) is 12.8. The van der Waals surface area contributed by atoms with Crippen LogP contribution >= 0.6 is 23.4 Å². The van der Waals surface area contributed by atoms with Gasteiger partial charge in [0.2, 0.25) is 5.91 Å². The molecule has 0 atom stereocenters. The summed E-state index contributed by atoms with van der Waals surface area (Å²) < 4.78 is 14.9. The molecule has 7 nitrogen and oxygen atoms in total. The molecule has 0 aliphatic heterocycles. The van der Waals surface area contributed by atoms with Gasteiger partial charge in [-0.25, -0.2) is 14.4 Å². The predicted octanol–water partition coefficient (Wildman–Crippen LogP) is 5.53. The maximum atomic E-state index is 13.4. The predicted molar refractivity (Wildman–Crippen MR) is 147 cm³/mol. The highest BCUT2D eigenvalue weighted by Crippen LogP contribution is 2.22. The number of benzene rings is 2. The summed E-state index contributed by atoms with van der Waals surface area (Å²) in [5.74, 6) is 0.647. The number of aryl methyl sites for hydroxylation is 1. The van der Waals surface area contributed by atoms with Gasteiger partial charge >= 0.3 is 0 Å². The average molecular weight is 552 g/mol. The largest absolute Gasteiger partial charge is 0.337 e. The maximum absolute atomic E-state index is 13.4. The van der Waals surface area contributed by atoms with Crippen LogP contribution in [0, 0.1) is 12.7 Å². The average Bonchev–Trinajstić information content (AvgIpc) is 2.91. The summed E-state index contributed by atoms with van der Waals surface area (Å²) in [6, 6.07) is 13.4. The molecule has 2 aromatic heterocycles. The molecular weight excluding hydrogens is 525 g/mol. The van der Waals surface area contributed by atoms with E-state index >= 15 is 0 Å². The van der Waals surface area contributed by atoms with E-state index in [0.717, 1.165) is 23.1 Å². The van der Waals surface area contributed by atoms with Gasteiger partial charge in [0.05, 0.1) is 0 Å². The molecule has 2 aromatic carbocycles. The number of amides is 1. The topological polar surface area (TPSA) is 81.0 Å². The number of hydrogen-bond acceptors (Lipinski definition) is 6. The second-order valence-electron chi connectivity index (χ2n) is 8.79. The number of hydrogen-bond donors (Lipinski definition) is 0. The summed E-state index contributed by atoms with van der Waals surface area (Å²) >= 11 is 7.29. The molecule has 0 aliphatic carbocycles. The third kappa shape index (κ3) is 7.26. The Morgan fingerprint density at radius 3 is 2.39 bits per heavy atom. The number of carbonyl (C=O) groups excluding carboxylic acids is 1. The molecule has 196 valence electrons. The molecule has 10 heteroatoms. The van der Waals surface area contributed by atoms with Crippen molar-refractivity contribution >= 4 is 29.3 Å². The van der Waals surface area contributed by atoms with Gasteiger partial charge < -0.3 is 9.47 Å². The van der Waals surface area contributed by atoms with E-state index in [2.05, 4.69) is 15.0 Å². The SMILES string of the molecule is CCCN(Cc1cnc(-c2ccc(Cl)cc2)nc1)C(=O)Cn1cc(C)c(=O)nc1SCc1ccc(F)cc1. The van der Waals surface area contributed by atoms with Crippen LogP contribution in [0.25, 0.3) is 11.4 Å². The van der Waals surface area contributed by atoms with Crippen LogP contribution in [-0.2, 0) is 23.6 Å².